The average Bonchev–Trinajstić information content (AvgIpc) is 3.12. The fourth-order valence-corrected chi connectivity index (χ4v) is 1.90. The van der Waals surface area contributed by atoms with E-state index < -0.39 is 0 Å². The van der Waals surface area contributed by atoms with Crippen molar-refractivity contribution in [1.29, 1.82) is 0 Å². The number of ether oxygens (including phenoxy) is 1. The number of hydrogen-bond donors (Lipinski definition) is 1. The van der Waals surface area contributed by atoms with Gasteiger partial charge in [0.25, 0.3) is 0 Å². The number of nitrogens with one attached hydrogen (secondary N) is 1. The summed E-state index contributed by atoms with van der Waals surface area (Å²) in [5.74, 6) is 0.802. The Balaban J connectivity index is 1.93. The highest BCUT2D eigenvalue weighted by Gasteiger charge is 2.22. The van der Waals surface area contributed by atoms with Gasteiger partial charge in [0.1, 0.15) is 11.9 Å². The van der Waals surface area contributed by atoms with Gasteiger partial charge in [0.15, 0.2) is 0 Å². The van der Waals surface area contributed by atoms with Gasteiger partial charge in [-0.2, -0.15) is 0 Å². The summed E-state index contributed by atoms with van der Waals surface area (Å²) in [5.41, 5.74) is 1.18. The Bertz CT molecular complexity index is 376. The molecule has 1 aliphatic rings. The van der Waals surface area contributed by atoms with E-state index in [0.717, 1.165) is 24.8 Å². The molecule has 0 aliphatic heterocycles. The lowest BCUT2D eigenvalue weighted by molar-refractivity contribution is 0.193. The Hall–Kier alpha value is -0.730. The van der Waals surface area contributed by atoms with E-state index >= 15 is 0 Å². The quantitative estimate of drug-likeness (QED) is 0.837. The molecule has 2 rings (SSSR count). The summed E-state index contributed by atoms with van der Waals surface area (Å²) in [7, 11) is 0. The van der Waals surface area contributed by atoms with Gasteiger partial charge in [0.2, 0.25) is 0 Å². The highest BCUT2D eigenvalue weighted by atomic mass is 35.5. The highest BCUT2D eigenvalue weighted by molar-refractivity contribution is 6.32. The lowest BCUT2D eigenvalue weighted by Gasteiger charge is -2.19. The fourth-order valence-electron chi connectivity index (χ4n) is 1.74. The standard InChI is InChI=1S/C14H20ClNO/c1-3-12(9-16-11-5-6-11)17-14-8-10(2)4-7-13(14)15/h4,7-8,11-12,16H,3,5-6,9H2,1-2H3. The van der Waals surface area contributed by atoms with E-state index in [-0.39, 0.29) is 6.10 Å². The highest BCUT2D eigenvalue weighted by Crippen LogP contribution is 2.27. The van der Waals surface area contributed by atoms with E-state index in [4.69, 9.17) is 16.3 Å². The Labute approximate surface area is 108 Å². The molecular formula is C14H20ClNO. The molecule has 94 valence electrons. The average molecular weight is 254 g/mol. The largest absolute Gasteiger partial charge is 0.488 e. The topological polar surface area (TPSA) is 21.3 Å². The van der Waals surface area contributed by atoms with Crippen molar-refractivity contribution >= 4 is 11.6 Å². The van der Waals surface area contributed by atoms with Crippen LogP contribution in [0, 0.1) is 6.92 Å². The van der Waals surface area contributed by atoms with E-state index in [1.165, 1.54) is 18.4 Å². The van der Waals surface area contributed by atoms with Gasteiger partial charge in [-0.1, -0.05) is 24.6 Å². The molecule has 0 saturated heterocycles. The number of benzene rings is 1. The van der Waals surface area contributed by atoms with Crippen LogP contribution in [0.3, 0.4) is 0 Å². The van der Waals surface area contributed by atoms with Gasteiger partial charge in [-0.3, -0.25) is 0 Å². The molecule has 2 nitrogen and oxygen atoms in total. The Morgan fingerprint density at radius 3 is 2.88 bits per heavy atom. The number of aryl methyl sites for hydroxylation is 1. The van der Waals surface area contributed by atoms with Gasteiger partial charge in [0, 0.05) is 12.6 Å². The van der Waals surface area contributed by atoms with E-state index in [0.29, 0.717) is 5.02 Å². The first-order valence-corrected chi connectivity index (χ1v) is 6.73. The smallest absolute Gasteiger partial charge is 0.138 e. The van der Waals surface area contributed by atoms with Crippen LogP contribution in [0.15, 0.2) is 18.2 Å². The Morgan fingerprint density at radius 1 is 1.47 bits per heavy atom. The minimum Gasteiger partial charge on any atom is -0.488 e. The third kappa shape index (κ3) is 3.90. The molecule has 1 saturated carbocycles. The molecular weight excluding hydrogens is 234 g/mol. The van der Waals surface area contributed by atoms with Crippen LogP contribution in [0.2, 0.25) is 5.02 Å². The van der Waals surface area contributed by atoms with E-state index in [1.807, 2.05) is 25.1 Å². The third-order valence-corrected chi connectivity index (χ3v) is 3.36. The maximum atomic E-state index is 6.13. The van der Waals surface area contributed by atoms with Crippen molar-refractivity contribution in [2.24, 2.45) is 0 Å². The maximum absolute atomic E-state index is 6.13. The second-order valence-electron chi connectivity index (χ2n) is 4.76. The molecule has 1 N–H and O–H groups in total. The lowest BCUT2D eigenvalue weighted by atomic mass is 10.2. The summed E-state index contributed by atoms with van der Waals surface area (Å²) >= 11 is 6.13. The van der Waals surface area contributed by atoms with Crippen LogP contribution in [0.1, 0.15) is 31.7 Å². The van der Waals surface area contributed by atoms with E-state index in [1.54, 1.807) is 0 Å². The molecule has 1 aromatic carbocycles. The molecule has 0 aromatic heterocycles. The molecule has 1 fully saturated rings. The molecule has 17 heavy (non-hydrogen) atoms. The molecule has 0 amide bonds. The normalized spacial score (nSPS) is 16.9. The fraction of sp³-hybridized carbons (Fsp3) is 0.571. The van der Waals surface area contributed by atoms with Crippen molar-refractivity contribution in [1.82, 2.24) is 5.32 Å². The zero-order valence-electron chi connectivity index (χ0n) is 10.5. The van der Waals surface area contributed by atoms with Crippen LogP contribution in [0.5, 0.6) is 5.75 Å². The first-order chi connectivity index (χ1) is 8.19. The molecule has 0 heterocycles. The van der Waals surface area contributed by atoms with Gasteiger partial charge < -0.3 is 10.1 Å². The van der Waals surface area contributed by atoms with Crippen molar-refractivity contribution in [2.45, 2.75) is 45.3 Å². The van der Waals surface area contributed by atoms with Crippen LogP contribution in [-0.4, -0.2) is 18.7 Å². The summed E-state index contributed by atoms with van der Waals surface area (Å²) in [5, 5.41) is 4.19. The molecule has 0 spiro atoms. The van der Waals surface area contributed by atoms with Crippen molar-refractivity contribution in [2.75, 3.05) is 6.54 Å². The number of rotatable bonds is 6. The second-order valence-corrected chi connectivity index (χ2v) is 5.17. The Kier molecular flexibility index (Phi) is 4.30. The summed E-state index contributed by atoms with van der Waals surface area (Å²) in [6.07, 6.45) is 3.81. The molecule has 0 bridgehead atoms. The SMILES string of the molecule is CCC(CNC1CC1)Oc1cc(C)ccc1Cl. The second kappa shape index (κ2) is 5.74. The van der Waals surface area contributed by atoms with Gasteiger partial charge >= 0.3 is 0 Å². The predicted octanol–water partition coefficient (Wildman–Crippen LogP) is 3.56. The first-order valence-electron chi connectivity index (χ1n) is 6.35. The molecule has 3 heteroatoms. The predicted molar refractivity (Wildman–Crippen MR) is 71.9 cm³/mol. The van der Waals surface area contributed by atoms with Gasteiger partial charge in [-0.15, -0.1) is 0 Å². The van der Waals surface area contributed by atoms with E-state index in [9.17, 15) is 0 Å². The van der Waals surface area contributed by atoms with Gasteiger partial charge in [-0.05, 0) is 43.9 Å². The number of halogens is 1. The Morgan fingerprint density at radius 2 is 2.24 bits per heavy atom. The number of hydrogen-bond acceptors (Lipinski definition) is 2. The van der Waals surface area contributed by atoms with Crippen LogP contribution >= 0.6 is 11.6 Å². The summed E-state index contributed by atoms with van der Waals surface area (Å²) < 4.78 is 5.96. The van der Waals surface area contributed by atoms with Crippen molar-refractivity contribution in [3.05, 3.63) is 28.8 Å². The zero-order valence-corrected chi connectivity index (χ0v) is 11.3. The van der Waals surface area contributed by atoms with Gasteiger partial charge in [0.05, 0.1) is 5.02 Å². The zero-order chi connectivity index (χ0) is 12.3. The summed E-state index contributed by atoms with van der Waals surface area (Å²) in [6, 6.07) is 6.62. The molecule has 1 aromatic rings. The van der Waals surface area contributed by atoms with Crippen LogP contribution in [-0.2, 0) is 0 Å². The van der Waals surface area contributed by atoms with Gasteiger partial charge in [-0.25, -0.2) is 0 Å². The lowest BCUT2D eigenvalue weighted by Crippen LogP contribution is -2.32. The minimum atomic E-state index is 0.204. The first kappa shape index (κ1) is 12.7. The third-order valence-electron chi connectivity index (χ3n) is 3.05. The van der Waals surface area contributed by atoms with Crippen molar-refractivity contribution < 1.29 is 4.74 Å². The molecule has 1 atom stereocenters. The van der Waals surface area contributed by atoms with Crippen molar-refractivity contribution in [3.63, 3.8) is 0 Å². The van der Waals surface area contributed by atoms with Crippen LogP contribution in [0.25, 0.3) is 0 Å². The molecule has 0 radical (unpaired) electrons. The monoisotopic (exact) mass is 253 g/mol. The van der Waals surface area contributed by atoms with Crippen LogP contribution < -0.4 is 10.1 Å². The minimum absolute atomic E-state index is 0.204. The summed E-state index contributed by atoms with van der Waals surface area (Å²) in [6.45, 7) is 5.10. The van der Waals surface area contributed by atoms with Crippen LogP contribution in [0.4, 0.5) is 0 Å². The molecule has 1 aliphatic carbocycles. The maximum Gasteiger partial charge on any atom is 0.138 e. The van der Waals surface area contributed by atoms with Crippen molar-refractivity contribution in [3.8, 4) is 5.75 Å². The van der Waals surface area contributed by atoms with E-state index in [2.05, 4.69) is 12.2 Å². The molecule has 1 unspecified atom stereocenters. The summed E-state index contributed by atoms with van der Waals surface area (Å²) in [4.78, 5) is 0.